The first-order chi connectivity index (χ1) is 19.5. The number of hydrogen-bond acceptors (Lipinski definition) is 5. The van der Waals surface area contributed by atoms with Gasteiger partial charge in [0.25, 0.3) is 5.91 Å². The normalized spacial score (nSPS) is 23.2. The van der Waals surface area contributed by atoms with Gasteiger partial charge in [0.15, 0.2) is 0 Å². The van der Waals surface area contributed by atoms with Crippen LogP contribution in [0.5, 0.6) is 5.75 Å². The Bertz CT molecular complexity index is 1370. The van der Waals surface area contributed by atoms with Crippen LogP contribution in [-0.2, 0) is 4.79 Å². The molecule has 41 heavy (non-hydrogen) atoms. The Morgan fingerprint density at radius 2 is 1.83 bits per heavy atom. The quantitative estimate of drug-likeness (QED) is 0.374. The zero-order chi connectivity index (χ0) is 29.5. The minimum absolute atomic E-state index is 0.0495. The summed E-state index contributed by atoms with van der Waals surface area (Å²) in [6, 6.07) is 9.16. The first-order valence-corrected chi connectivity index (χ1v) is 14.5. The first-order valence-electron chi connectivity index (χ1n) is 13.8. The van der Waals surface area contributed by atoms with E-state index in [1.165, 1.54) is 6.07 Å². The number of aliphatic carboxylic acids is 1. The number of ether oxygens (including phenoxy) is 1. The van der Waals surface area contributed by atoms with Crippen LogP contribution in [0.1, 0.15) is 72.5 Å². The van der Waals surface area contributed by atoms with E-state index in [9.17, 15) is 24.3 Å². The first kappa shape index (κ1) is 29.6. The number of benzene rings is 2. The molecule has 3 fully saturated rings. The fraction of sp³-hybridized carbons (Fsp3) is 0.500. The third kappa shape index (κ3) is 6.30. The van der Waals surface area contributed by atoms with Crippen LogP contribution < -0.4 is 4.74 Å². The molecule has 1 N–H and O–H groups in total. The Labute approximate surface area is 247 Å². The van der Waals surface area contributed by atoms with Gasteiger partial charge in [0.1, 0.15) is 30.4 Å². The molecule has 2 aromatic carbocycles. The van der Waals surface area contributed by atoms with E-state index in [1.807, 2.05) is 12.1 Å². The fourth-order valence-electron chi connectivity index (χ4n) is 5.84. The topological polar surface area (TPSA) is 93.9 Å². The minimum atomic E-state index is -1.48. The van der Waals surface area contributed by atoms with Crippen molar-refractivity contribution in [3.05, 3.63) is 62.9 Å². The van der Waals surface area contributed by atoms with Gasteiger partial charge in [-0.1, -0.05) is 23.2 Å². The number of nitrogens with zero attached hydrogens (tertiary/aromatic N) is 3. The van der Waals surface area contributed by atoms with E-state index < -0.39 is 41.9 Å². The third-order valence-corrected chi connectivity index (χ3v) is 8.99. The molecule has 0 spiro atoms. The van der Waals surface area contributed by atoms with Crippen molar-refractivity contribution in [3.63, 3.8) is 0 Å². The average Bonchev–Trinajstić information content (AvgIpc) is 3.71. The van der Waals surface area contributed by atoms with Gasteiger partial charge < -0.3 is 14.7 Å². The van der Waals surface area contributed by atoms with Gasteiger partial charge >= 0.3 is 5.97 Å². The standard InChI is InChI=1S/C30H31Cl2F2N3O4/c1-17(19-8-20(31)10-21(32)9-19)36-6-4-30(15-35,5-7-36)16-41-27-13-25(34)24(12-23(27)18-2-3-18)28(38)37-14-22(33)11-26(37)29(39)40/h8-10,12-13,17-18,22,26H,2-7,11,14,16H2,1H3,(H,39,40)/t17?,22-,26+/m1/s1. The smallest absolute Gasteiger partial charge is 0.326 e. The van der Waals surface area contributed by atoms with Crippen LogP contribution in [0.15, 0.2) is 30.3 Å². The van der Waals surface area contributed by atoms with Crippen LogP contribution in [0.2, 0.25) is 10.0 Å². The lowest BCUT2D eigenvalue weighted by Gasteiger charge is -2.40. The molecule has 5 rings (SSSR count). The molecule has 1 aliphatic carbocycles. The van der Waals surface area contributed by atoms with Crippen LogP contribution in [-0.4, -0.2) is 65.2 Å². The number of nitriles is 1. The van der Waals surface area contributed by atoms with Crippen molar-refractivity contribution >= 4 is 35.1 Å². The SMILES string of the molecule is CC(c1cc(Cl)cc(Cl)c1)N1CCC(C#N)(COc2cc(F)c(C(=O)N3C[C@H](F)C[C@H]3C(=O)O)cc2C2CC2)CC1. The maximum Gasteiger partial charge on any atom is 0.326 e. The maximum absolute atomic E-state index is 15.3. The Balaban J connectivity index is 1.29. The fourth-order valence-corrected chi connectivity index (χ4v) is 6.39. The molecule has 3 aliphatic rings. The highest BCUT2D eigenvalue weighted by molar-refractivity contribution is 6.34. The van der Waals surface area contributed by atoms with E-state index in [0.717, 1.165) is 29.4 Å². The molecule has 11 heteroatoms. The molecule has 2 aromatic rings. The molecule has 0 radical (unpaired) electrons. The minimum Gasteiger partial charge on any atom is -0.492 e. The van der Waals surface area contributed by atoms with E-state index >= 15 is 4.39 Å². The van der Waals surface area contributed by atoms with Crippen LogP contribution in [0.25, 0.3) is 0 Å². The molecule has 3 atom stereocenters. The van der Waals surface area contributed by atoms with Crippen molar-refractivity contribution in [2.24, 2.45) is 5.41 Å². The zero-order valence-electron chi connectivity index (χ0n) is 22.6. The molecule has 2 aliphatic heterocycles. The van der Waals surface area contributed by atoms with E-state index in [-0.39, 0.29) is 36.3 Å². The largest absolute Gasteiger partial charge is 0.492 e. The summed E-state index contributed by atoms with van der Waals surface area (Å²) in [5.74, 6) is -2.68. The highest BCUT2D eigenvalue weighted by Crippen LogP contribution is 2.46. The summed E-state index contributed by atoms with van der Waals surface area (Å²) in [7, 11) is 0. The average molecular weight is 606 g/mol. The summed E-state index contributed by atoms with van der Waals surface area (Å²) < 4.78 is 35.4. The summed E-state index contributed by atoms with van der Waals surface area (Å²) in [6.45, 7) is 3.04. The molecule has 1 amide bonds. The highest BCUT2D eigenvalue weighted by atomic mass is 35.5. The van der Waals surface area contributed by atoms with Crippen molar-refractivity contribution in [2.75, 3.05) is 26.2 Å². The number of amides is 1. The van der Waals surface area contributed by atoms with Gasteiger partial charge in [-0.05, 0) is 73.9 Å². The Morgan fingerprint density at radius 1 is 1.17 bits per heavy atom. The monoisotopic (exact) mass is 605 g/mol. The molecular formula is C30H31Cl2F2N3O4. The summed E-state index contributed by atoms with van der Waals surface area (Å²) >= 11 is 12.4. The van der Waals surface area contributed by atoms with Crippen molar-refractivity contribution in [3.8, 4) is 11.8 Å². The van der Waals surface area contributed by atoms with Crippen molar-refractivity contribution < 1.29 is 28.2 Å². The molecule has 2 saturated heterocycles. The summed E-state index contributed by atoms with van der Waals surface area (Å²) in [6.07, 6.45) is 0.985. The second-order valence-corrected chi connectivity index (χ2v) is 12.3. The number of rotatable bonds is 8. The maximum atomic E-state index is 15.3. The number of likely N-dealkylation sites (tertiary alicyclic amines) is 2. The predicted octanol–water partition coefficient (Wildman–Crippen LogP) is 6.39. The molecule has 2 heterocycles. The van der Waals surface area contributed by atoms with E-state index in [0.29, 0.717) is 41.5 Å². The lowest BCUT2D eigenvalue weighted by molar-refractivity contribution is -0.141. The van der Waals surface area contributed by atoms with Gasteiger partial charge in [-0.3, -0.25) is 9.69 Å². The number of carboxylic acid groups (broad SMARTS) is 1. The number of piperidine rings is 1. The molecule has 0 aromatic heterocycles. The lowest BCUT2D eigenvalue weighted by Crippen LogP contribution is -2.43. The van der Waals surface area contributed by atoms with Gasteiger partial charge in [0.05, 0.1) is 23.6 Å². The van der Waals surface area contributed by atoms with Gasteiger partial charge in [0, 0.05) is 41.7 Å². The van der Waals surface area contributed by atoms with Gasteiger partial charge in [-0.25, -0.2) is 13.6 Å². The zero-order valence-corrected chi connectivity index (χ0v) is 24.1. The second kappa shape index (κ2) is 11.7. The predicted molar refractivity (Wildman–Crippen MR) is 150 cm³/mol. The van der Waals surface area contributed by atoms with Gasteiger partial charge in [-0.2, -0.15) is 5.26 Å². The van der Waals surface area contributed by atoms with Crippen LogP contribution in [0.4, 0.5) is 8.78 Å². The summed E-state index contributed by atoms with van der Waals surface area (Å²) in [5.41, 5.74) is 0.578. The van der Waals surface area contributed by atoms with E-state index in [1.54, 1.807) is 6.07 Å². The van der Waals surface area contributed by atoms with Gasteiger partial charge in [-0.15, -0.1) is 0 Å². The Kier molecular flexibility index (Phi) is 8.47. The Morgan fingerprint density at radius 3 is 2.41 bits per heavy atom. The van der Waals surface area contributed by atoms with Crippen LogP contribution in [0, 0.1) is 22.6 Å². The van der Waals surface area contributed by atoms with E-state index in [2.05, 4.69) is 17.9 Å². The highest BCUT2D eigenvalue weighted by Gasteiger charge is 2.42. The van der Waals surface area contributed by atoms with Crippen LogP contribution in [0.3, 0.4) is 0 Å². The number of carboxylic acids is 1. The molecule has 218 valence electrons. The lowest BCUT2D eigenvalue weighted by atomic mass is 9.80. The van der Waals surface area contributed by atoms with Crippen molar-refractivity contribution in [1.29, 1.82) is 5.26 Å². The molecule has 7 nitrogen and oxygen atoms in total. The number of carbonyl (C=O) groups excluding carboxylic acids is 1. The van der Waals surface area contributed by atoms with Crippen molar-refractivity contribution in [2.45, 2.75) is 63.2 Å². The summed E-state index contributed by atoms with van der Waals surface area (Å²) in [4.78, 5) is 27.8. The number of hydrogen-bond donors (Lipinski definition) is 1. The molecule has 0 bridgehead atoms. The Hall–Kier alpha value is -2.93. The van der Waals surface area contributed by atoms with Crippen LogP contribution >= 0.6 is 23.2 Å². The number of alkyl halides is 1. The van der Waals surface area contributed by atoms with Gasteiger partial charge in [0.2, 0.25) is 0 Å². The second-order valence-electron chi connectivity index (χ2n) is 11.4. The third-order valence-electron chi connectivity index (χ3n) is 8.55. The molecule has 1 unspecified atom stereocenters. The van der Waals surface area contributed by atoms with E-state index in [4.69, 9.17) is 27.9 Å². The van der Waals surface area contributed by atoms with Crippen molar-refractivity contribution in [1.82, 2.24) is 9.80 Å². The number of halogens is 4. The summed E-state index contributed by atoms with van der Waals surface area (Å²) in [5, 5.41) is 20.7. The molecular weight excluding hydrogens is 575 g/mol. The number of carbonyl (C=O) groups is 2. The molecule has 1 saturated carbocycles.